The number of hydrogen-bond acceptors (Lipinski definition) is 5. The smallest absolute Gasteiger partial charge is 0.265 e. The van der Waals surface area contributed by atoms with Gasteiger partial charge in [-0.15, -0.1) is 0 Å². The van der Waals surface area contributed by atoms with Gasteiger partial charge in [0.25, 0.3) is 15.6 Å². The summed E-state index contributed by atoms with van der Waals surface area (Å²) in [6.45, 7) is 5.48. The van der Waals surface area contributed by atoms with Crippen molar-refractivity contribution in [3.05, 3.63) is 88.0 Å². The van der Waals surface area contributed by atoms with Crippen molar-refractivity contribution in [2.24, 2.45) is 0 Å². The number of nitrogens with zero attached hydrogens (tertiary/aromatic N) is 2. The molecule has 0 aliphatic rings. The van der Waals surface area contributed by atoms with E-state index in [4.69, 9.17) is 4.74 Å². The van der Waals surface area contributed by atoms with Crippen molar-refractivity contribution in [3.8, 4) is 11.4 Å². The van der Waals surface area contributed by atoms with E-state index in [-0.39, 0.29) is 16.2 Å². The maximum atomic E-state index is 13.1. The Morgan fingerprint density at radius 3 is 2.41 bits per heavy atom. The van der Waals surface area contributed by atoms with Crippen LogP contribution in [-0.2, 0) is 10.0 Å². The number of anilines is 1. The van der Waals surface area contributed by atoms with Crippen LogP contribution in [0.5, 0.6) is 5.75 Å². The SMILES string of the molecule is COc1cc(C)c(C)cc1S(=O)(=O)Nc1cccc(-n2c(C)nc3ccccc3c2=O)c1. The molecule has 1 N–H and O–H groups in total. The van der Waals surface area contributed by atoms with Gasteiger partial charge in [0.15, 0.2) is 0 Å². The van der Waals surface area contributed by atoms with Crippen LogP contribution < -0.4 is 15.0 Å². The van der Waals surface area contributed by atoms with E-state index in [9.17, 15) is 13.2 Å². The number of nitrogens with one attached hydrogen (secondary N) is 1. The number of sulfonamides is 1. The van der Waals surface area contributed by atoms with Crippen molar-refractivity contribution < 1.29 is 13.2 Å². The largest absolute Gasteiger partial charge is 0.495 e. The van der Waals surface area contributed by atoms with E-state index in [1.165, 1.54) is 11.7 Å². The van der Waals surface area contributed by atoms with Crippen LogP contribution in [0.3, 0.4) is 0 Å². The highest BCUT2D eigenvalue weighted by molar-refractivity contribution is 7.92. The van der Waals surface area contributed by atoms with Crippen LogP contribution in [0.1, 0.15) is 17.0 Å². The zero-order chi connectivity index (χ0) is 23.0. The highest BCUT2D eigenvalue weighted by Crippen LogP contribution is 2.29. The van der Waals surface area contributed by atoms with Crippen molar-refractivity contribution in [3.63, 3.8) is 0 Å². The molecule has 0 unspecified atom stereocenters. The average Bonchev–Trinajstić information content (AvgIpc) is 2.75. The van der Waals surface area contributed by atoms with E-state index < -0.39 is 10.0 Å². The Labute approximate surface area is 186 Å². The minimum absolute atomic E-state index is 0.0502. The van der Waals surface area contributed by atoms with Gasteiger partial charge in [0.2, 0.25) is 0 Å². The summed E-state index contributed by atoms with van der Waals surface area (Å²) < 4.78 is 35.6. The number of fused-ring (bicyclic) bond motifs is 1. The zero-order valence-electron chi connectivity index (χ0n) is 18.2. The van der Waals surface area contributed by atoms with E-state index >= 15 is 0 Å². The molecule has 0 aliphatic heterocycles. The molecule has 4 aromatic rings. The van der Waals surface area contributed by atoms with Gasteiger partial charge in [0, 0.05) is 0 Å². The third kappa shape index (κ3) is 3.85. The number of methoxy groups -OCH3 is 1. The minimum atomic E-state index is -3.93. The lowest BCUT2D eigenvalue weighted by Gasteiger charge is -2.15. The van der Waals surface area contributed by atoms with Crippen molar-refractivity contribution in [2.45, 2.75) is 25.7 Å². The van der Waals surface area contributed by atoms with Crippen molar-refractivity contribution in [1.29, 1.82) is 0 Å². The molecule has 0 spiro atoms. The second-order valence-electron chi connectivity index (χ2n) is 7.56. The summed E-state index contributed by atoms with van der Waals surface area (Å²) in [7, 11) is -2.49. The highest BCUT2D eigenvalue weighted by atomic mass is 32.2. The van der Waals surface area contributed by atoms with Gasteiger partial charge in [-0.2, -0.15) is 0 Å². The predicted molar refractivity (Wildman–Crippen MR) is 125 cm³/mol. The topological polar surface area (TPSA) is 90.3 Å². The van der Waals surface area contributed by atoms with Crippen molar-refractivity contribution in [2.75, 3.05) is 11.8 Å². The number of rotatable bonds is 5. The van der Waals surface area contributed by atoms with Crippen LogP contribution in [0.4, 0.5) is 5.69 Å². The molecule has 4 rings (SSSR count). The molecular weight excluding hydrogens is 426 g/mol. The molecule has 0 aliphatic carbocycles. The molecule has 0 radical (unpaired) electrons. The van der Waals surface area contributed by atoms with Gasteiger partial charge >= 0.3 is 0 Å². The lowest BCUT2D eigenvalue weighted by Crippen LogP contribution is -2.22. The fourth-order valence-corrected chi connectivity index (χ4v) is 4.89. The Morgan fingerprint density at radius 1 is 0.938 bits per heavy atom. The molecule has 32 heavy (non-hydrogen) atoms. The molecule has 164 valence electrons. The van der Waals surface area contributed by atoms with Crippen LogP contribution in [-0.4, -0.2) is 25.1 Å². The monoisotopic (exact) mass is 449 g/mol. The molecule has 8 heteroatoms. The standard InChI is InChI=1S/C24H23N3O4S/c1-15-12-22(31-4)23(13-16(15)2)32(29,30)26-18-8-7-9-19(14-18)27-17(3)25-21-11-6-5-10-20(21)24(27)28/h5-14,26H,1-4H3. The Kier molecular flexibility index (Phi) is 5.48. The fourth-order valence-electron chi connectivity index (χ4n) is 3.60. The summed E-state index contributed by atoms with van der Waals surface area (Å²) in [6, 6.07) is 17.1. The molecule has 0 bridgehead atoms. The molecule has 0 saturated heterocycles. The molecule has 0 saturated carbocycles. The summed E-state index contributed by atoms with van der Waals surface area (Å²) in [6.07, 6.45) is 0. The van der Waals surface area contributed by atoms with Crippen LogP contribution in [0.25, 0.3) is 16.6 Å². The number of hydrogen-bond donors (Lipinski definition) is 1. The van der Waals surface area contributed by atoms with E-state index in [1.54, 1.807) is 61.5 Å². The average molecular weight is 450 g/mol. The second kappa shape index (κ2) is 8.12. The van der Waals surface area contributed by atoms with Gasteiger partial charge in [-0.1, -0.05) is 18.2 Å². The van der Waals surface area contributed by atoms with Gasteiger partial charge in [-0.05, 0) is 74.4 Å². The van der Waals surface area contributed by atoms with Gasteiger partial charge in [0.05, 0.1) is 29.4 Å². The molecule has 0 amide bonds. The first-order valence-corrected chi connectivity index (χ1v) is 11.5. The van der Waals surface area contributed by atoms with Gasteiger partial charge in [0.1, 0.15) is 16.5 Å². The van der Waals surface area contributed by atoms with Crippen LogP contribution in [0, 0.1) is 20.8 Å². The maximum absolute atomic E-state index is 13.1. The zero-order valence-corrected chi connectivity index (χ0v) is 19.0. The first-order chi connectivity index (χ1) is 15.2. The second-order valence-corrected chi connectivity index (χ2v) is 9.21. The van der Waals surface area contributed by atoms with Crippen LogP contribution in [0.15, 0.2) is 70.4 Å². The number of aryl methyl sites for hydroxylation is 3. The number of para-hydroxylation sites is 1. The Morgan fingerprint density at radius 2 is 1.66 bits per heavy atom. The summed E-state index contributed by atoms with van der Waals surface area (Å²) in [5, 5.41) is 0.490. The molecule has 1 aromatic heterocycles. The quantitative estimate of drug-likeness (QED) is 0.495. The van der Waals surface area contributed by atoms with Crippen molar-refractivity contribution >= 4 is 26.6 Å². The van der Waals surface area contributed by atoms with Crippen molar-refractivity contribution in [1.82, 2.24) is 9.55 Å². The molecule has 7 nitrogen and oxygen atoms in total. The lowest BCUT2D eigenvalue weighted by atomic mass is 10.1. The molecule has 1 heterocycles. The Bertz CT molecular complexity index is 1510. The Hall–Kier alpha value is -3.65. The van der Waals surface area contributed by atoms with Gasteiger partial charge < -0.3 is 4.74 Å². The number of ether oxygens (including phenoxy) is 1. The lowest BCUT2D eigenvalue weighted by molar-refractivity contribution is 0.402. The fraction of sp³-hybridized carbons (Fsp3) is 0.167. The number of aromatic nitrogens is 2. The van der Waals surface area contributed by atoms with Gasteiger partial charge in [-0.25, -0.2) is 13.4 Å². The maximum Gasteiger partial charge on any atom is 0.265 e. The Balaban J connectivity index is 1.78. The summed E-state index contributed by atoms with van der Waals surface area (Å²) in [5.74, 6) is 0.770. The molecule has 0 atom stereocenters. The summed E-state index contributed by atoms with van der Waals surface area (Å²) >= 11 is 0. The summed E-state index contributed by atoms with van der Waals surface area (Å²) in [5.41, 5.74) is 3.00. The third-order valence-corrected chi connectivity index (χ3v) is 6.77. The number of benzene rings is 3. The molecule has 3 aromatic carbocycles. The van der Waals surface area contributed by atoms with Crippen LogP contribution >= 0.6 is 0 Å². The van der Waals surface area contributed by atoms with Gasteiger partial charge in [-0.3, -0.25) is 14.1 Å². The first kappa shape index (κ1) is 21.6. The van der Waals surface area contributed by atoms with E-state index in [0.717, 1.165) is 11.1 Å². The minimum Gasteiger partial charge on any atom is -0.495 e. The van der Waals surface area contributed by atoms with E-state index in [0.29, 0.717) is 28.1 Å². The molecular formula is C24H23N3O4S. The van der Waals surface area contributed by atoms with Crippen LogP contribution in [0.2, 0.25) is 0 Å². The van der Waals surface area contributed by atoms with E-state index in [2.05, 4.69) is 9.71 Å². The normalized spacial score (nSPS) is 11.5. The third-order valence-electron chi connectivity index (χ3n) is 5.37. The first-order valence-electron chi connectivity index (χ1n) is 9.98. The predicted octanol–water partition coefficient (Wildman–Crippen LogP) is 4.12. The molecule has 0 fully saturated rings. The highest BCUT2D eigenvalue weighted by Gasteiger charge is 2.21. The van der Waals surface area contributed by atoms with E-state index in [1.807, 2.05) is 19.9 Å². The summed E-state index contributed by atoms with van der Waals surface area (Å²) in [4.78, 5) is 17.7.